The Balaban J connectivity index is 2.92. The van der Waals surface area contributed by atoms with Crippen LogP contribution in [-0.4, -0.2) is 84.7 Å². The van der Waals surface area contributed by atoms with Crippen molar-refractivity contribution in [2.75, 3.05) is 73.2 Å². The van der Waals surface area contributed by atoms with E-state index in [9.17, 15) is 0 Å². The summed E-state index contributed by atoms with van der Waals surface area (Å²) < 4.78 is 30.5. The zero-order chi connectivity index (χ0) is 14.9. The molecule has 0 spiro atoms. The fraction of sp³-hybridized carbons (Fsp3) is 1.00. The lowest BCUT2D eigenvalue weighted by Crippen LogP contribution is -2.24. The zero-order valence-corrected chi connectivity index (χ0v) is 12.1. The van der Waals surface area contributed by atoms with E-state index in [1.165, 1.54) is 0 Å². The second-order valence-corrected chi connectivity index (χ2v) is 3.70. The van der Waals surface area contributed by atoms with Gasteiger partial charge in [0.2, 0.25) is 6.41 Å². The number of aliphatic hydroxyl groups excluding tert-OH is 1. The average molecular weight is 297 g/mol. The third kappa shape index (κ3) is 17.7. The molecule has 122 valence electrons. The van der Waals surface area contributed by atoms with E-state index in [0.29, 0.717) is 59.5 Å². The minimum Gasteiger partial charge on any atom is -0.382 e. The van der Waals surface area contributed by atoms with Gasteiger partial charge in [-0.1, -0.05) is 0 Å². The first-order valence-electron chi connectivity index (χ1n) is 6.62. The topological polar surface area (TPSA) is 102 Å². The van der Waals surface area contributed by atoms with Crippen LogP contribution in [0.3, 0.4) is 0 Å². The van der Waals surface area contributed by atoms with Crippen molar-refractivity contribution in [1.82, 2.24) is 0 Å². The SMILES string of the molecule is COCCOCCOCCOCCOCCOC(N)O. The van der Waals surface area contributed by atoms with Gasteiger partial charge in [0.15, 0.2) is 0 Å². The third-order valence-electron chi connectivity index (χ3n) is 2.06. The fourth-order valence-electron chi connectivity index (χ4n) is 1.13. The van der Waals surface area contributed by atoms with Gasteiger partial charge in [0, 0.05) is 7.11 Å². The van der Waals surface area contributed by atoms with E-state index < -0.39 is 6.41 Å². The molecule has 1 atom stereocenters. The van der Waals surface area contributed by atoms with E-state index in [2.05, 4.69) is 4.74 Å². The molecule has 3 N–H and O–H groups in total. The van der Waals surface area contributed by atoms with Crippen molar-refractivity contribution in [3.8, 4) is 0 Å². The van der Waals surface area contributed by atoms with Gasteiger partial charge < -0.3 is 33.5 Å². The largest absolute Gasteiger partial charge is 0.382 e. The van der Waals surface area contributed by atoms with Crippen molar-refractivity contribution >= 4 is 0 Å². The van der Waals surface area contributed by atoms with Gasteiger partial charge in [-0.25, -0.2) is 0 Å². The molecule has 0 saturated heterocycles. The molecule has 8 nitrogen and oxygen atoms in total. The first-order valence-corrected chi connectivity index (χ1v) is 6.62. The quantitative estimate of drug-likeness (QED) is 0.275. The molecular weight excluding hydrogens is 270 g/mol. The van der Waals surface area contributed by atoms with Gasteiger partial charge in [-0.15, -0.1) is 0 Å². The normalized spacial score (nSPS) is 12.8. The molecule has 0 aromatic heterocycles. The number of hydrogen-bond donors (Lipinski definition) is 2. The molecule has 20 heavy (non-hydrogen) atoms. The number of nitrogens with two attached hydrogens (primary N) is 1. The van der Waals surface area contributed by atoms with Crippen LogP contribution in [0, 0.1) is 0 Å². The standard InChI is InChI=1S/C12H27NO7/c1-15-2-3-16-4-5-17-6-7-18-8-9-19-10-11-20-12(13)14/h12,14H,2-11,13H2,1H3. The van der Waals surface area contributed by atoms with Crippen molar-refractivity contribution < 1.29 is 33.5 Å². The summed E-state index contributed by atoms with van der Waals surface area (Å²) >= 11 is 0. The molecule has 0 aromatic carbocycles. The van der Waals surface area contributed by atoms with Gasteiger partial charge in [0.1, 0.15) is 0 Å². The van der Waals surface area contributed by atoms with E-state index in [-0.39, 0.29) is 6.61 Å². The van der Waals surface area contributed by atoms with Crippen molar-refractivity contribution in [3.63, 3.8) is 0 Å². The summed E-state index contributed by atoms with van der Waals surface area (Å²) in [7, 11) is 1.63. The Hall–Kier alpha value is -0.320. The highest BCUT2D eigenvalue weighted by Crippen LogP contribution is 1.84. The number of rotatable bonds is 16. The number of hydrogen-bond acceptors (Lipinski definition) is 8. The molecule has 0 fully saturated rings. The Labute approximate surface area is 120 Å². The summed E-state index contributed by atoms with van der Waals surface area (Å²) in [5, 5.41) is 8.60. The van der Waals surface area contributed by atoms with Crippen LogP contribution < -0.4 is 5.73 Å². The minimum atomic E-state index is -1.24. The maximum atomic E-state index is 8.60. The van der Waals surface area contributed by atoms with E-state index in [4.69, 9.17) is 34.5 Å². The van der Waals surface area contributed by atoms with Gasteiger partial charge in [-0.05, 0) is 0 Å². The summed E-state index contributed by atoms with van der Waals surface area (Å²) in [6.45, 7) is 4.88. The molecular formula is C12H27NO7. The van der Waals surface area contributed by atoms with Crippen LogP contribution in [0.1, 0.15) is 0 Å². The molecule has 0 heterocycles. The fourth-order valence-corrected chi connectivity index (χ4v) is 1.13. The first-order chi connectivity index (χ1) is 9.77. The van der Waals surface area contributed by atoms with Crippen LogP contribution >= 0.6 is 0 Å². The van der Waals surface area contributed by atoms with Crippen LogP contribution in [0.5, 0.6) is 0 Å². The monoisotopic (exact) mass is 297 g/mol. The second kappa shape index (κ2) is 16.7. The van der Waals surface area contributed by atoms with Crippen molar-refractivity contribution in [3.05, 3.63) is 0 Å². The molecule has 0 radical (unpaired) electrons. The molecule has 0 saturated carbocycles. The Morgan fingerprint density at radius 2 is 1.05 bits per heavy atom. The van der Waals surface area contributed by atoms with Gasteiger partial charge in [0.05, 0.1) is 66.1 Å². The average Bonchev–Trinajstić information content (AvgIpc) is 2.43. The van der Waals surface area contributed by atoms with Gasteiger partial charge in [-0.3, -0.25) is 5.73 Å². The second-order valence-electron chi connectivity index (χ2n) is 3.70. The molecule has 0 bridgehead atoms. The first kappa shape index (κ1) is 19.7. The number of methoxy groups -OCH3 is 1. The maximum Gasteiger partial charge on any atom is 0.210 e. The summed E-state index contributed by atoms with van der Waals surface area (Å²) in [6.07, 6.45) is -1.24. The lowest BCUT2D eigenvalue weighted by atomic mass is 10.7. The van der Waals surface area contributed by atoms with Crippen molar-refractivity contribution in [1.29, 1.82) is 0 Å². The highest BCUT2D eigenvalue weighted by molar-refractivity contribution is 4.36. The highest BCUT2D eigenvalue weighted by Gasteiger charge is 1.95. The molecule has 0 aliphatic rings. The molecule has 0 aromatic rings. The smallest absolute Gasteiger partial charge is 0.210 e. The van der Waals surface area contributed by atoms with Gasteiger partial charge in [-0.2, -0.15) is 0 Å². The zero-order valence-electron chi connectivity index (χ0n) is 12.1. The van der Waals surface area contributed by atoms with Gasteiger partial charge in [0.25, 0.3) is 0 Å². The van der Waals surface area contributed by atoms with Crippen molar-refractivity contribution in [2.45, 2.75) is 6.41 Å². The van der Waals surface area contributed by atoms with Crippen LogP contribution in [-0.2, 0) is 28.4 Å². The van der Waals surface area contributed by atoms with Crippen LogP contribution in [0.4, 0.5) is 0 Å². The number of aliphatic hydroxyl groups is 1. The minimum absolute atomic E-state index is 0.254. The summed E-state index contributed by atoms with van der Waals surface area (Å²) in [5.41, 5.74) is 4.97. The Morgan fingerprint density at radius 3 is 1.40 bits per heavy atom. The molecule has 0 amide bonds. The lowest BCUT2D eigenvalue weighted by Gasteiger charge is -2.08. The van der Waals surface area contributed by atoms with Crippen molar-refractivity contribution in [2.24, 2.45) is 5.73 Å². The Bertz CT molecular complexity index is 183. The summed E-state index contributed by atoms with van der Waals surface area (Å²) in [6, 6.07) is 0. The van der Waals surface area contributed by atoms with Crippen LogP contribution in [0.15, 0.2) is 0 Å². The Kier molecular flexibility index (Phi) is 16.5. The number of ether oxygens (including phenoxy) is 6. The predicted octanol–water partition coefficient (Wildman–Crippen LogP) is -1.05. The lowest BCUT2D eigenvalue weighted by molar-refractivity contribution is -0.109. The van der Waals surface area contributed by atoms with E-state index in [0.717, 1.165) is 0 Å². The van der Waals surface area contributed by atoms with E-state index >= 15 is 0 Å². The Morgan fingerprint density at radius 1 is 0.700 bits per heavy atom. The van der Waals surface area contributed by atoms with E-state index in [1.807, 2.05) is 0 Å². The molecule has 1 unspecified atom stereocenters. The van der Waals surface area contributed by atoms with Crippen LogP contribution in [0.2, 0.25) is 0 Å². The highest BCUT2D eigenvalue weighted by atomic mass is 16.6. The predicted molar refractivity (Wildman–Crippen MR) is 71.3 cm³/mol. The van der Waals surface area contributed by atoms with Gasteiger partial charge >= 0.3 is 0 Å². The molecule has 0 aliphatic carbocycles. The van der Waals surface area contributed by atoms with Crippen LogP contribution in [0.25, 0.3) is 0 Å². The molecule has 0 aliphatic heterocycles. The maximum absolute atomic E-state index is 8.60. The molecule has 0 rings (SSSR count). The van der Waals surface area contributed by atoms with E-state index in [1.54, 1.807) is 7.11 Å². The molecule has 8 heteroatoms. The summed E-state index contributed by atoms with van der Waals surface area (Å²) in [5.74, 6) is 0. The summed E-state index contributed by atoms with van der Waals surface area (Å²) in [4.78, 5) is 0. The third-order valence-corrected chi connectivity index (χ3v) is 2.06.